The number of fused-ring (bicyclic) bond motifs is 1. The van der Waals surface area contributed by atoms with E-state index >= 15 is 0 Å². The third-order valence-corrected chi connectivity index (χ3v) is 5.65. The van der Waals surface area contributed by atoms with Gasteiger partial charge in [0.1, 0.15) is 19.0 Å². The van der Waals surface area contributed by atoms with Crippen molar-refractivity contribution in [2.45, 2.75) is 18.9 Å². The minimum Gasteiger partial charge on any atom is -0.502 e. The highest BCUT2D eigenvalue weighted by Gasteiger charge is 2.30. The summed E-state index contributed by atoms with van der Waals surface area (Å²) in [5.41, 5.74) is -0.0395. The molecular weight excluding hydrogens is 434 g/mol. The fraction of sp³-hybridized carbons (Fsp3) is 0.478. The Balaban J connectivity index is 1.77. The van der Waals surface area contributed by atoms with Crippen molar-refractivity contribution in [2.24, 2.45) is 0 Å². The van der Waals surface area contributed by atoms with E-state index in [1.807, 2.05) is 0 Å². The van der Waals surface area contributed by atoms with Crippen LogP contribution in [0.15, 0.2) is 27.4 Å². The first kappa shape index (κ1) is 22.9. The summed E-state index contributed by atoms with van der Waals surface area (Å²) in [7, 11) is 2.77. The molecule has 4 rings (SSSR count). The Hall–Kier alpha value is -3.24. The van der Waals surface area contributed by atoms with Gasteiger partial charge in [0, 0.05) is 19.2 Å². The maximum Gasteiger partial charge on any atom is 0.306 e. The summed E-state index contributed by atoms with van der Waals surface area (Å²) in [5, 5.41) is 10.6. The van der Waals surface area contributed by atoms with Crippen LogP contribution in [-0.2, 0) is 20.8 Å². The van der Waals surface area contributed by atoms with Crippen molar-refractivity contribution in [3.63, 3.8) is 0 Å². The van der Waals surface area contributed by atoms with Gasteiger partial charge in [0.2, 0.25) is 16.9 Å². The SMILES string of the molecule is COC(=O)CC(c1cc(OC)c2c(c1)OCCO2)c1oc(CN2CCOCC2)cc(=O)c1O. The van der Waals surface area contributed by atoms with Crippen LogP contribution in [-0.4, -0.2) is 69.7 Å². The second kappa shape index (κ2) is 10.1. The summed E-state index contributed by atoms with van der Waals surface area (Å²) in [6, 6.07) is 4.64. The van der Waals surface area contributed by atoms with Crippen LogP contribution in [0, 0.1) is 0 Å². The zero-order valence-electron chi connectivity index (χ0n) is 18.6. The van der Waals surface area contributed by atoms with Gasteiger partial charge in [-0.15, -0.1) is 0 Å². The summed E-state index contributed by atoms with van der Waals surface area (Å²) in [6.45, 7) is 3.70. The maximum atomic E-state index is 12.6. The quantitative estimate of drug-likeness (QED) is 0.610. The Morgan fingerprint density at radius 3 is 2.61 bits per heavy atom. The lowest BCUT2D eigenvalue weighted by Crippen LogP contribution is -2.35. The lowest BCUT2D eigenvalue weighted by atomic mass is 9.91. The lowest BCUT2D eigenvalue weighted by molar-refractivity contribution is -0.140. The normalized spacial score (nSPS) is 16.8. The summed E-state index contributed by atoms with van der Waals surface area (Å²) in [5.74, 6) is -0.238. The van der Waals surface area contributed by atoms with Crippen LogP contribution in [0.4, 0.5) is 0 Å². The highest BCUT2D eigenvalue weighted by Crippen LogP contribution is 2.44. The van der Waals surface area contributed by atoms with Gasteiger partial charge in [-0.1, -0.05) is 0 Å². The number of rotatable bonds is 7. The number of carbonyl (C=O) groups excluding carboxylic acids is 1. The molecule has 1 N–H and O–H groups in total. The van der Waals surface area contributed by atoms with Crippen molar-refractivity contribution < 1.29 is 38.0 Å². The maximum absolute atomic E-state index is 12.6. The molecule has 1 saturated heterocycles. The molecule has 0 spiro atoms. The summed E-state index contributed by atoms with van der Waals surface area (Å²) >= 11 is 0. The highest BCUT2D eigenvalue weighted by molar-refractivity contribution is 5.71. The minimum atomic E-state index is -0.820. The Bertz CT molecular complexity index is 1040. The van der Waals surface area contributed by atoms with E-state index in [-0.39, 0.29) is 12.2 Å². The number of ether oxygens (including phenoxy) is 5. The Kier molecular flexibility index (Phi) is 7.05. The third kappa shape index (κ3) is 5.07. The van der Waals surface area contributed by atoms with Crippen LogP contribution in [0.1, 0.15) is 29.4 Å². The largest absolute Gasteiger partial charge is 0.502 e. The molecule has 33 heavy (non-hydrogen) atoms. The number of carbonyl (C=O) groups is 1. The fourth-order valence-corrected chi connectivity index (χ4v) is 3.96. The van der Waals surface area contributed by atoms with E-state index in [1.54, 1.807) is 12.1 Å². The molecule has 178 valence electrons. The summed E-state index contributed by atoms with van der Waals surface area (Å²) in [6.07, 6.45) is -0.170. The van der Waals surface area contributed by atoms with Crippen LogP contribution in [0.2, 0.25) is 0 Å². The van der Waals surface area contributed by atoms with Crippen molar-refractivity contribution in [1.82, 2.24) is 4.90 Å². The number of nitrogens with zero attached hydrogens (tertiary/aromatic N) is 1. The van der Waals surface area contributed by atoms with Crippen molar-refractivity contribution >= 4 is 5.97 Å². The van der Waals surface area contributed by atoms with Gasteiger partial charge in [0.25, 0.3) is 0 Å². The van der Waals surface area contributed by atoms with Gasteiger partial charge in [-0.25, -0.2) is 0 Å². The molecule has 1 atom stereocenters. The van der Waals surface area contributed by atoms with Crippen LogP contribution in [0.5, 0.6) is 23.0 Å². The second-order valence-corrected chi connectivity index (χ2v) is 7.76. The van der Waals surface area contributed by atoms with Crippen molar-refractivity contribution in [1.29, 1.82) is 0 Å². The molecule has 1 aromatic carbocycles. The number of methoxy groups -OCH3 is 2. The first-order valence-electron chi connectivity index (χ1n) is 10.7. The molecule has 2 aliphatic rings. The van der Waals surface area contributed by atoms with Crippen LogP contribution < -0.4 is 19.6 Å². The minimum absolute atomic E-state index is 0.0186. The molecule has 10 heteroatoms. The second-order valence-electron chi connectivity index (χ2n) is 7.76. The molecule has 10 nitrogen and oxygen atoms in total. The average Bonchev–Trinajstić information content (AvgIpc) is 2.84. The molecule has 2 aromatic rings. The first-order valence-corrected chi connectivity index (χ1v) is 10.7. The van der Waals surface area contributed by atoms with Crippen molar-refractivity contribution in [2.75, 3.05) is 53.7 Å². The number of aromatic hydroxyl groups is 1. The molecule has 1 aromatic heterocycles. The monoisotopic (exact) mass is 461 g/mol. The zero-order valence-corrected chi connectivity index (χ0v) is 18.6. The molecule has 0 saturated carbocycles. The van der Waals surface area contributed by atoms with Crippen molar-refractivity contribution in [3.8, 4) is 23.0 Å². The summed E-state index contributed by atoms with van der Waals surface area (Å²) in [4.78, 5) is 27.0. The predicted molar refractivity (Wildman–Crippen MR) is 115 cm³/mol. The lowest BCUT2D eigenvalue weighted by Gasteiger charge is -2.26. The Morgan fingerprint density at radius 2 is 1.88 bits per heavy atom. The average molecular weight is 461 g/mol. The Morgan fingerprint density at radius 1 is 1.12 bits per heavy atom. The number of esters is 1. The smallest absolute Gasteiger partial charge is 0.306 e. The number of morpholine rings is 1. The topological polar surface area (TPSA) is 117 Å². The van der Waals surface area contributed by atoms with E-state index in [9.17, 15) is 14.7 Å². The molecule has 1 fully saturated rings. The van der Waals surface area contributed by atoms with Crippen LogP contribution in [0.3, 0.4) is 0 Å². The predicted octanol–water partition coefficient (Wildman–Crippen LogP) is 1.65. The Labute approximate surface area is 190 Å². The molecule has 0 bridgehead atoms. The van der Waals surface area contributed by atoms with Gasteiger partial charge in [-0.2, -0.15) is 0 Å². The van der Waals surface area contributed by atoms with E-state index in [0.29, 0.717) is 74.6 Å². The van der Waals surface area contributed by atoms with Crippen LogP contribution >= 0.6 is 0 Å². The molecule has 1 unspecified atom stereocenters. The molecule has 0 amide bonds. The van der Waals surface area contributed by atoms with Gasteiger partial charge < -0.3 is 33.2 Å². The molecule has 3 heterocycles. The van der Waals surface area contributed by atoms with Gasteiger partial charge in [-0.3, -0.25) is 14.5 Å². The van der Waals surface area contributed by atoms with E-state index in [4.69, 9.17) is 28.1 Å². The fourth-order valence-electron chi connectivity index (χ4n) is 3.96. The van der Waals surface area contributed by atoms with Crippen LogP contribution in [0.25, 0.3) is 0 Å². The first-order chi connectivity index (χ1) is 16.0. The van der Waals surface area contributed by atoms with Gasteiger partial charge >= 0.3 is 5.97 Å². The van der Waals surface area contributed by atoms with Gasteiger partial charge in [-0.05, 0) is 17.7 Å². The molecule has 0 aliphatic carbocycles. The summed E-state index contributed by atoms with van der Waals surface area (Å²) < 4.78 is 33.1. The van der Waals surface area contributed by atoms with E-state index < -0.39 is 23.1 Å². The zero-order chi connectivity index (χ0) is 23.4. The van der Waals surface area contributed by atoms with Crippen molar-refractivity contribution in [3.05, 3.63) is 45.5 Å². The number of benzene rings is 1. The highest BCUT2D eigenvalue weighted by atomic mass is 16.6. The van der Waals surface area contributed by atoms with E-state index in [1.165, 1.54) is 20.3 Å². The molecular formula is C23H27NO9. The van der Waals surface area contributed by atoms with Gasteiger partial charge in [0.05, 0.1) is 46.3 Å². The van der Waals surface area contributed by atoms with E-state index in [2.05, 4.69) is 4.90 Å². The number of hydrogen-bond donors (Lipinski definition) is 1. The standard InChI is InChI=1S/C23H27NO9/c1-28-18-9-14(10-19-23(18)32-8-7-31-19)16(12-20(26)29-2)22-21(27)17(25)11-15(33-22)13-24-3-5-30-6-4-24/h9-11,16,27H,3-8,12-13H2,1-2H3. The number of hydrogen-bond acceptors (Lipinski definition) is 10. The molecule has 0 radical (unpaired) electrons. The van der Waals surface area contributed by atoms with Gasteiger partial charge in [0.15, 0.2) is 17.3 Å². The molecule has 2 aliphatic heterocycles. The third-order valence-electron chi connectivity index (χ3n) is 5.65. The van der Waals surface area contributed by atoms with E-state index in [0.717, 1.165) is 0 Å².